The number of carbonyl (C=O) groups is 3. The van der Waals surface area contributed by atoms with Crippen molar-refractivity contribution in [2.75, 3.05) is 5.32 Å². The second-order valence-electron chi connectivity index (χ2n) is 4.92. The number of amides is 1. The van der Waals surface area contributed by atoms with Gasteiger partial charge in [-0.05, 0) is 42.9 Å². The summed E-state index contributed by atoms with van der Waals surface area (Å²) in [6.07, 6.45) is 4.77. The van der Waals surface area contributed by atoms with Crippen LogP contribution in [0.4, 0.5) is 5.69 Å². The van der Waals surface area contributed by atoms with E-state index in [1.165, 1.54) is 37.8 Å². The Morgan fingerprint density at radius 2 is 1.62 bits per heavy atom. The predicted octanol–water partition coefficient (Wildman–Crippen LogP) is 2.62. The van der Waals surface area contributed by atoms with Gasteiger partial charge in [0, 0.05) is 26.5 Å². The van der Waals surface area contributed by atoms with Crippen LogP contribution in [0.1, 0.15) is 44.7 Å². The highest BCUT2D eigenvalue weighted by Crippen LogP contribution is 2.27. The van der Waals surface area contributed by atoms with Gasteiger partial charge in [-0.3, -0.25) is 14.4 Å². The number of hydrogen-bond donors (Lipinski definition) is 1. The molecule has 1 amide bonds. The van der Waals surface area contributed by atoms with E-state index >= 15 is 0 Å². The summed E-state index contributed by atoms with van der Waals surface area (Å²) in [6, 6.07) is 6.18. The van der Waals surface area contributed by atoms with Crippen LogP contribution in [0.15, 0.2) is 18.2 Å². The van der Waals surface area contributed by atoms with Gasteiger partial charge in [-0.15, -0.1) is 0 Å². The molecule has 1 aromatic carbocycles. The molecule has 1 aliphatic carbocycles. The van der Waals surface area contributed by atoms with Crippen molar-refractivity contribution < 1.29 is 19.1 Å². The molecule has 0 atom stereocenters. The summed E-state index contributed by atoms with van der Waals surface area (Å²) in [4.78, 5) is 30.6. The van der Waals surface area contributed by atoms with Gasteiger partial charge in [0.05, 0.1) is 0 Å². The lowest BCUT2D eigenvalue weighted by Crippen LogP contribution is -2.11. The molecule has 2 rings (SSSR count). The molecule has 0 fully saturated rings. The number of rotatable bonds is 1. The molecule has 0 unspecified atom stereocenters. The summed E-state index contributed by atoms with van der Waals surface area (Å²) in [5.41, 5.74) is 3.76. The Morgan fingerprint density at radius 1 is 1.00 bits per heavy atom. The molecule has 0 bridgehead atoms. The maximum Gasteiger partial charge on any atom is 0.310 e. The van der Waals surface area contributed by atoms with Crippen LogP contribution in [-0.2, 0) is 32.0 Å². The molecule has 1 aromatic rings. The zero-order valence-corrected chi connectivity index (χ0v) is 12.7. The Hall–Kier alpha value is -2.17. The van der Waals surface area contributed by atoms with Crippen molar-refractivity contribution in [2.24, 2.45) is 0 Å². The van der Waals surface area contributed by atoms with Crippen molar-refractivity contribution in [3.05, 3.63) is 29.3 Å². The second-order valence-corrected chi connectivity index (χ2v) is 4.92. The van der Waals surface area contributed by atoms with Crippen molar-refractivity contribution in [3.8, 4) is 0 Å². The van der Waals surface area contributed by atoms with Crippen molar-refractivity contribution in [2.45, 2.75) is 46.5 Å². The van der Waals surface area contributed by atoms with Gasteiger partial charge < -0.3 is 10.1 Å². The van der Waals surface area contributed by atoms with E-state index in [2.05, 4.69) is 16.1 Å². The number of carbonyl (C=O) groups excluding carboxylic acids is 3. The molecular formula is C16H21NO4. The third-order valence-corrected chi connectivity index (χ3v) is 2.99. The molecule has 114 valence electrons. The van der Waals surface area contributed by atoms with Crippen LogP contribution in [0.25, 0.3) is 0 Å². The second kappa shape index (κ2) is 8.19. The van der Waals surface area contributed by atoms with Crippen LogP contribution >= 0.6 is 0 Å². The van der Waals surface area contributed by atoms with Crippen LogP contribution in [0.2, 0.25) is 0 Å². The molecule has 1 N–H and O–H groups in total. The maximum atomic E-state index is 11.0. The highest BCUT2D eigenvalue weighted by molar-refractivity contribution is 5.89. The van der Waals surface area contributed by atoms with E-state index in [-0.39, 0.29) is 5.91 Å². The van der Waals surface area contributed by atoms with Gasteiger partial charge in [0.15, 0.2) is 0 Å². The number of anilines is 1. The minimum atomic E-state index is -0.562. The number of hydrogen-bond acceptors (Lipinski definition) is 4. The highest BCUT2D eigenvalue weighted by Gasteiger charge is 2.12. The molecule has 0 spiro atoms. The van der Waals surface area contributed by atoms with Crippen molar-refractivity contribution >= 4 is 23.5 Å². The molecule has 0 heterocycles. The average Bonchev–Trinajstić information content (AvgIpc) is 2.37. The van der Waals surface area contributed by atoms with E-state index in [0.717, 1.165) is 18.5 Å². The van der Waals surface area contributed by atoms with E-state index in [0.29, 0.717) is 0 Å². The van der Waals surface area contributed by atoms with Crippen molar-refractivity contribution in [1.82, 2.24) is 0 Å². The topological polar surface area (TPSA) is 72.5 Å². The summed E-state index contributed by atoms with van der Waals surface area (Å²) in [5.74, 6) is -1.11. The quantitative estimate of drug-likeness (QED) is 0.637. The molecule has 5 nitrogen and oxygen atoms in total. The van der Waals surface area contributed by atoms with E-state index in [9.17, 15) is 14.4 Å². The van der Waals surface area contributed by atoms with Gasteiger partial charge in [0.25, 0.3) is 0 Å². The number of aryl methyl sites for hydroxylation is 1. The first-order valence-corrected chi connectivity index (χ1v) is 6.97. The Morgan fingerprint density at radius 3 is 2.14 bits per heavy atom. The lowest BCUT2D eigenvalue weighted by molar-refractivity contribution is -0.156. The third kappa shape index (κ3) is 6.21. The molecule has 0 radical (unpaired) electrons. The first kappa shape index (κ1) is 16.9. The van der Waals surface area contributed by atoms with Crippen molar-refractivity contribution in [3.63, 3.8) is 0 Å². The molecular weight excluding hydrogens is 270 g/mol. The number of ether oxygens (including phenoxy) is 1. The summed E-state index contributed by atoms with van der Waals surface area (Å²) in [6.45, 7) is 3.92. The number of benzene rings is 1. The van der Waals surface area contributed by atoms with E-state index in [4.69, 9.17) is 0 Å². The Kier molecular flexibility index (Phi) is 6.59. The van der Waals surface area contributed by atoms with Crippen LogP contribution < -0.4 is 5.32 Å². The summed E-state index contributed by atoms with van der Waals surface area (Å²) < 4.78 is 3.97. The maximum absolute atomic E-state index is 11.0. The van der Waals surface area contributed by atoms with Crippen LogP contribution in [-0.4, -0.2) is 17.8 Å². The number of fused-ring (bicyclic) bond motifs is 1. The SMILES string of the molecule is CC(=O)Nc1cccc2c1CCCC2.CC(=O)OC(C)=O. The van der Waals surface area contributed by atoms with Crippen LogP contribution in [0.3, 0.4) is 0 Å². The van der Waals surface area contributed by atoms with Crippen molar-refractivity contribution in [1.29, 1.82) is 0 Å². The van der Waals surface area contributed by atoms with E-state index in [1.54, 1.807) is 6.92 Å². The predicted molar refractivity (Wildman–Crippen MR) is 79.8 cm³/mol. The third-order valence-electron chi connectivity index (χ3n) is 2.99. The zero-order valence-electron chi connectivity index (χ0n) is 12.7. The average molecular weight is 291 g/mol. The number of nitrogens with one attached hydrogen (secondary N) is 1. The highest BCUT2D eigenvalue weighted by atomic mass is 16.6. The summed E-state index contributed by atoms with van der Waals surface area (Å²) >= 11 is 0. The zero-order chi connectivity index (χ0) is 15.8. The van der Waals surface area contributed by atoms with Crippen LogP contribution in [0, 0.1) is 0 Å². The fourth-order valence-corrected chi connectivity index (χ4v) is 2.29. The van der Waals surface area contributed by atoms with E-state index < -0.39 is 11.9 Å². The molecule has 21 heavy (non-hydrogen) atoms. The minimum Gasteiger partial charge on any atom is -0.394 e. The Balaban J connectivity index is 0.000000270. The number of esters is 2. The van der Waals surface area contributed by atoms with Gasteiger partial charge in [-0.2, -0.15) is 0 Å². The Bertz CT molecular complexity index is 525. The molecule has 5 heteroatoms. The van der Waals surface area contributed by atoms with Gasteiger partial charge in [0.1, 0.15) is 0 Å². The van der Waals surface area contributed by atoms with Gasteiger partial charge in [-0.1, -0.05) is 12.1 Å². The molecule has 0 aromatic heterocycles. The molecule has 1 aliphatic rings. The molecule has 0 aliphatic heterocycles. The fraction of sp³-hybridized carbons (Fsp3) is 0.438. The smallest absolute Gasteiger partial charge is 0.310 e. The fourth-order valence-electron chi connectivity index (χ4n) is 2.29. The minimum absolute atomic E-state index is 0.0176. The van der Waals surface area contributed by atoms with E-state index in [1.807, 2.05) is 12.1 Å². The Labute approximate surface area is 124 Å². The standard InChI is InChI=1S/C12H15NO.C4H6O3/c1-9(14)13-12-8-4-6-10-5-2-3-7-11(10)12;1-3(5)7-4(2)6/h4,6,8H,2-3,5,7H2,1H3,(H,13,14);1-2H3. The van der Waals surface area contributed by atoms with Gasteiger partial charge >= 0.3 is 11.9 Å². The molecule has 0 saturated heterocycles. The first-order chi connectivity index (χ1) is 9.90. The lowest BCUT2D eigenvalue weighted by atomic mass is 9.90. The van der Waals surface area contributed by atoms with Crippen LogP contribution in [0.5, 0.6) is 0 Å². The largest absolute Gasteiger partial charge is 0.394 e. The summed E-state index contributed by atoms with van der Waals surface area (Å²) in [7, 11) is 0. The monoisotopic (exact) mass is 291 g/mol. The van der Waals surface area contributed by atoms with Gasteiger partial charge in [-0.25, -0.2) is 0 Å². The summed E-state index contributed by atoms with van der Waals surface area (Å²) in [5, 5.41) is 2.89. The first-order valence-electron chi connectivity index (χ1n) is 6.97. The lowest BCUT2D eigenvalue weighted by Gasteiger charge is -2.19. The van der Waals surface area contributed by atoms with Gasteiger partial charge in [0.2, 0.25) is 5.91 Å². The normalized spacial score (nSPS) is 12.3. The molecule has 0 saturated carbocycles.